The Bertz CT molecular complexity index is 1100. The molecule has 0 bridgehead atoms. The summed E-state index contributed by atoms with van der Waals surface area (Å²) in [5.74, 6) is -2.34. The first-order valence-electron chi connectivity index (χ1n) is 9.23. The Balaban J connectivity index is 0.000000211. The zero-order chi connectivity index (χ0) is 23.7. The van der Waals surface area contributed by atoms with Gasteiger partial charge in [0.1, 0.15) is 23.3 Å². The average Bonchev–Trinajstić information content (AvgIpc) is 2.75. The summed E-state index contributed by atoms with van der Waals surface area (Å²) in [4.78, 5) is 8.08. The molecule has 2 heterocycles. The number of hydrogen-bond acceptors (Lipinski definition) is 2. The number of benzene rings is 2. The number of pyridine rings is 2. The molecule has 0 aliphatic heterocycles. The summed E-state index contributed by atoms with van der Waals surface area (Å²) >= 11 is 1.33. The quantitative estimate of drug-likeness (QED) is 0.215. The Kier molecular flexibility index (Phi) is 9.96. The van der Waals surface area contributed by atoms with Crippen molar-refractivity contribution in [1.82, 2.24) is 9.97 Å². The second-order valence-electron chi connectivity index (χ2n) is 6.69. The van der Waals surface area contributed by atoms with Crippen LogP contribution in [-0.4, -0.2) is 9.97 Å². The maximum absolute atomic E-state index is 13.4. The Hall–Kier alpha value is -2.61. The first-order chi connectivity index (χ1) is 15.3. The number of aryl methyl sites for hydroxylation is 2. The van der Waals surface area contributed by atoms with Gasteiger partial charge in [0.2, 0.25) is 0 Å². The van der Waals surface area contributed by atoms with E-state index in [-0.39, 0.29) is 0 Å². The van der Waals surface area contributed by atoms with Crippen LogP contribution in [0.15, 0.2) is 73.1 Å². The predicted octanol–water partition coefficient (Wildman–Crippen LogP) is 7.36. The van der Waals surface area contributed by atoms with E-state index in [0.717, 1.165) is 23.3 Å². The van der Waals surface area contributed by atoms with Gasteiger partial charge in [-0.25, -0.2) is 17.6 Å². The molecule has 0 unspecified atom stereocenters. The normalized spacial score (nSPS) is 9.88. The van der Waals surface area contributed by atoms with E-state index in [1.807, 2.05) is 26.0 Å². The fourth-order valence-electron chi connectivity index (χ4n) is 2.76. The van der Waals surface area contributed by atoms with E-state index in [2.05, 4.69) is 19.6 Å². The van der Waals surface area contributed by atoms with Crippen LogP contribution in [0.1, 0.15) is 11.1 Å². The third-order valence-corrected chi connectivity index (χ3v) is 4.25. The van der Waals surface area contributed by atoms with E-state index in [0.29, 0.717) is 22.5 Å². The zero-order valence-corrected chi connectivity index (χ0v) is 20.4. The molecular formula is C24H18ClF4N2Os. The first kappa shape index (κ1) is 25.6. The fourth-order valence-corrected chi connectivity index (χ4v) is 2.76. The van der Waals surface area contributed by atoms with E-state index in [4.69, 9.17) is 0 Å². The van der Waals surface area contributed by atoms with Gasteiger partial charge in [0.25, 0.3) is 0 Å². The second-order valence-corrected chi connectivity index (χ2v) is 6.69. The molecule has 0 spiro atoms. The van der Waals surface area contributed by atoms with Gasteiger partial charge in [-0.15, -0.1) is 0 Å². The summed E-state index contributed by atoms with van der Waals surface area (Å²) in [5, 5.41) is 0. The summed E-state index contributed by atoms with van der Waals surface area (Å²) in [6.45, 7) is 3.79. The molecule has 2 aromatic heterocycles. The third-order valence-electron chi connectivity index (χ3n) is 4.25. The van der Waals surface area contributed by atoms with Crippen LogP contribution in [0.25, 0.3) is 22.5 Å². The summed E-state index contributed by atoms with van der Waals surface area (Å²) in [5.41, 5.74) is 3.66. The number of aromatic nitrogens is 2. The van der Waals surface area contributed by atoms with Crippen molar-refractivity contribution in [3.8, 4) is 22.5 Å². The molecule has 32 heavy (non-hydrogen) atoms. The van der Waals surface area contributed by atoms with Gasteiger partial charge in [0.15, 0.2) is 0 Å². The second kappa shape index (κ2) is 12.4. The molecule has 2 nitrogen and oxygen atoms in total. The standard InChI is InChI=1S/2C12H9F2N.ClH.Os/c2*1-8-4-5-15-12(6-8)10-3-2-9(13)7-11(10)14;;/h2*2-7H,1H3;1H;/q;;;+1/p-1. The number of hydrogen-bond donors (Lipinski definition) is 0. The van der Waals surface area contributed by atoms with Crippen molar-refractivity contribution < 1.29 is 35.2 Å². The molecule has 0 amide bonds. The minimum atomic E-state index is -0.590. The molecule has 2 aromatic carbocycles. The summed E-state index contributed by atoms with van der Waals surface area (Å²) in [7, 11) is 4.67. The van der Waals surface area contributed by atoms with Crippen molar-refractivity contribution >= 4 is 9.64 Å². The topological polar surface area (TPSA) is 25.8 Å². The molecule has 0 radical (unpaired) electrons. The van der Waals surface area contributed by atoms with Crippen molar-refractivity contribution in [1.29, 1.82) is 0 Å². The van der Waals surface area contributed by atoms with Crippen molar-refractivity contribution in [3.63, 3.8) is 0 Å². The van der Waals surface area contributed by atoms with Gasteiger partial charge in [-0.05, 0) is 73.5 Å². The van der Waals surface area contributed by atoms with Crippen molar-refractivity contribution in [2.75, 3.05) is 0 Å². The van der Waals surface area contributed by atoms with Gasteiger partial charge in [-0.1, -0.05) is 0 Å². The molecule has 4 aromatic rings. The van der Waals surface area contributed by atoms with Gasteiger partial charge >= 0.3 is 27.2 Å². The predicted molar refractivity (Wildman–Crippen MR) is 115 cm³/mol. The number of halogens is 5. The zero-order valence-electron chi connectivity index (χ0n) is 17.1. The van der Waals surface area contributed by atoms with E-state index in [1.54, 1.807) is 24.5 Å². The van der Waals surface area contributed by atoms with Crippen LogP contribution in [0.5, 0.6) is 0 Å². The molecule has 4 rings (SSSR count). The average molecular weight is 636 g/mol. The maximum atomic E-state index is 13.4. The van der Waals surface area contributed by atoms with Crippen LogP contribution < -0.4 is 0 Å². The van der Waals surface area contributed by atoms with Crippen molar-refractivity contribution in [3.05, 3.63) is 107 Å². The SMILES string of the molecule is Cc1ccnc(-c2ccc(F)cc2F)c1.Cc1ccnc(-c2ccc(F)cc2F)c1.[Cl][Os]. The number of rotatable bonds is 2. The van der Waals surface area contributed by atoms with Crippen LogP contribution in [0.4, 0.5) is 17.6 Å². The molecule has 0 saturated heterocycles. The minimum absolute atomic E-state index is 0.320. The van der Waals surface area contributed by atoms with Gasteiger partial charge < -0.3 is 0 Å². The molecule has 167 valence electrons. The van der Waals surface area contributed by atoms with Gasteiger partial charge in [-0.2, -0.15) is 0 Å². The summed E-state index contributed by atoms with van der Waals surface area (Å²) in [6, 6.07) is 14.1. The fraction of sp³-hybridized carbons (Fsp3) is 0.0833. The van der Waals surface area contributed by atoms with Crippen LogP contribution >= 0.6 is 9.64 Å². The van der Waals surface area contributed by atoms with Crippen LogP contribution in [0, 0.1) is 37.1 Å². The molecule has 0 saturated carbocycles. The van der Waals surface area contributed by atoms with Crippen LogP contribution in [0.2, 0.25) is 0 Å². The van der Waals surface area contributed by atoms with Crippen LogP contribution in [-0.2, 0) is 17.6 Å². The molecule has 0 atom stereocenters. The van der Waals surface area contributed by atoms with Gasteiger partial charge in [0, 0.05) is 35.7 Å². The molecule has 0 aliphatic rings. The first-order valence-corrected chi connectivity index (χ1v) is 12.4. The van der Waals surface area contributed by atoms with E-state index in [9.17, 15) is 17.6 Å². The van der Waals surface area contributed by atoms with Gasteiger partial charge in [0.05, 0.1) is 11.4 Å². The number of nitrogens with zero attached hydrogens (tertiary/aromatic N) is 2. The van der Waals surface area contributed by atoms with E-state index >= 15 is 0 Å². The molecule has 0 aliphatic carbocycles. The summed E-state index contributed by atoms with van der Waals surface area (Å²) < 4.78 is 52.1. The Labute approximate surface area is 198 Å². The Morgan fingerprint density at radius 1 is 0.594 bits per heavy atom. The van der Waals surface area contributed by atoms with Crippen LogP contribution in [0.3, 0.4) is 0 Å². The summed E-state index contributed by atoms with van der Waals surface area (Å²) in [6.07, 6.45) is 3.21. The Morgan fingerprint density at radius 3 is 1.28 bits per heavy atom. The monoisotopic (exact) mass is 637 g/mol. The molecule has 0 N–H and O–H groups in total. The van der Waals surface area contributed by atoms with Crippen molar-refractivity contribution in [2.24, 2.45) is 0 Å². The van der Waals surface area contributed by atoms with Gasteiger partial charge in [-0.3, -0.25) is 9.97 Å². The van der Waals surface area contributed by atoms with Crippen molar-refractivity contribution in [2.45, 2.75) is 13.8 Å². The molecular weight excluding hydrogens is 618 g/mol. The van der Waals surface area contributed by atoms with E-state index < -0.39 is 23.3 Å². The molecule has 0 fully saturated rings. The van der Waals surface area contributed by atoms with E-state index in [1.165, 1.54) is 41.9 Å². The third kappa shape index (κ3) is 7.22. The molecule has 8 heteroatoms. The Morgan fingerprint density at radius 2 is 0.969 bits per heavy atom.